The molecule has 2 atom stereocenters. The van der Waals surface area contributed by atoms with E-state index in [4.69, 9.17) is 24.3 Å². The van der Waals surface area contributed by atoms with Crippen molar-refractivity contribution in [2.45, 2.75) is 315 Å². The summed E-state index contributed by atoms with van der Waals surface area (Å²) < 4.78 is 33.2. The molecule has 10 heteroatoms. The smallest absolute Gasteiger partial charge is 0.462 e. The largest absolute Gasteiger partial charge is 0.472 e. The molecule has 0 fully saturated rings. The summed E-state index contributed by atoms with van der Waals surface area (Å²) in [6, 6.07) is 0. The molecule has 0 rings (SSSR count). The summed E-state index contributed by atoms with van der Waals surface area (Å²) in [5, 5.41) is 0. The van der Waals surface area contributed by atoms with Crippen molar-refractivity contribution in [3.8, 4) is 0 Å². The van der Waals surface area contributed by atoms with Gasteiger partial charge in [-0.25, -0.2) is 4.57 Å². The van der Waals surface area contributed by atoms with Crippen molar-refractivity contribution in [2.24, 2.45) is 5.73 Å². The molecule has 0 amide bonds. The van der Waals surface area contributed by atoms with Crippen LogP contribution in [-0.4, -0.2) is 49.3 Å². The van der Waals surface area contributed by atoms with Crippen LogP contribution in [0, 0.1) is 0 Å². The summed E-state index contributed by atoms with van der Waals surface area (Å²) in [6.07, 6.45) is 109. The average Bonchev–Trinajstić information content (AvgIpc) is 3.74. The number of unbranched alkanes of at least 4 members (excludes halogenated alkanes) is 29. The normalized spacial score (nSPS) is 13.8. The maximum absolute atomic E-state index is 12.8. The molecule has 0 aromatic heterocycles. The molecule has 0 aliphatic rings. The number of phosphoric acid groups is 1. The molecule has 0 heterocycles. The molecule has 0 aromatic rings. The van der Waals surface area contributed by atoms with Gasteiger partial charge >= 0.3 is 19.8 Å². The fourth-order valence-corrected chi connectivity index (χ4v) is 10.8. The highest BCUT2D eigenvalue weighted by Crippen LogP contribution is 2.43. The van der Waals surface area contributed by atoms with Crippen LogP contribution >= 0.6 is 7.82 Å². The predicted octanol–water partition coefficient (Wildman–Crippen LogP) is 24.7. The molecule has 0 saturated carbocycles. The third kappa shape index (κ3) is 74.5. The van der Waals surface area contributed by atoms with Crippen LogP contribution in [0.4, 0.5) is 0 Å². The minimum atomic E-state index is -4.40. The van der Waals surface area contributed by atoms with Gasteiger partial charge in [-0.15, -0.1) is 0 Å². The number of hydrogen-bond donors (Lipinski definition) is 2. The summed E-state index contributed by atoms with van der Waals surface area (Å²) in [4.78, 5) is 35.4. The van der Waals surface area contributed by atoms with E-state index in [9.17, 15) is 19.0 Å². The minimum absolute atomic E-state index is 0.0482. The van der Waals surface area contributed by atoms with Crippen molar-refractivity contribution in [3.05, 3.63) is 158 Å². The number of hydrogen-bond acceptors (Lipinski definition) is 8. The molecule has 0 spiro atoms. The fraction of sp³-hybridized carbons (Fsp3) is 0.654. The van der Waals surface area contributed by atoms with Gasteiger partial charge in [-0.05, 0) is 122 Å². The monoisotopic (exact) mass is 1280 g/mol. The maximum atomic E-state index is 12.8. The molecule has 9 nitrogen and oxygen atoms in total. The van der Waals surface area contributed by atoms with Crippen molar-refractivity contribution in [1.82, 2.24) is 0 Å². The Hall–Kier alpha value is -4.37. The van der Waals surface area contributed by atoms with E-state index in [2.05, 4.69) is 172 Å². The van der Waals surface area contributed by atoms with Gasteiger partial charge in [-0.1, -0.05) is 332 Å². The van der Waals surface area contributed by atoms with Crippen LogP contribution in [0.2, 0.25) is 0 Å². The van der Waals surface area contributed by atoms with E-state index in [1.807, 2.05) is 0 Å². The van der Waals surface area contributed by atoms with Crippen molar-refractivity contribution < 1.29 is 37.6 Å². The summed E-state index contributed by atoms with van der Waals surface area (Å²) in [7, 11) is -4.40. The van der Waals surface area contributed by atoms with E-state index in [1.54, 1.807) is 0 Å². The lowest BCUT2D eigenvalue weighted by Gasteiger charge is -2.19. The first-order valence-corrected chi connectivity index (χ1v) is 38.5. The fourth-order valence-electron chi connectivity index (χ4n) is 10.0. The van der Waals surface area contributed by atoms with Crippen LogP contribution in [0.3, 0.4) is 0 Å². The van der Waals surface area contributed by atoms with E-state index in [-0.39, 0.29) is 38.6 Å². The highest BCUT2D eigenvalue weighted by Gasteiger charge is 2.26. The van der Waals surface area contributed by atoms with Gasteiger partial charge in [0, 0.05) is 19.4 Å². The van der Waals surface area contributed by atoms with Gasteiger partial charge in [0.05, 0.1) is 13.2 Å². The topological polar surface area (TPSA) is 134 Å². The number of carbonyl (C=O) groups excluding carboxylic acids is 2. The van der Waals surface area contributed by atoms with Crippen LogP contribution in [0.25, 0.3) is 0 Å². The lowest BCUT2D eigenvalue weighted by molar-refractivity contribution is -0.161. The van der Waals surface area contributed by atoms with Crippen molar-refractivity contribution in [1.29, 1.82) is 0 Å². The van der Waals surface area contributed by atoms with E-state index in [0.717, 1.165) is 122 Å². The van der Waals surface area contributed by atoms with E-state index >= 15 is 0 Å². The van der Waals surface area contributed by atoms with Gasteiger partial charge in [0.25, 0.3) is 0 Å². The van der Waals surface area contributed by atoms with Crippen LogP contribution in [0.5, 0.6) is 0 Å². The number of rotatable bonds is 68. The molecule has 0 aromatic carbocycles. The Bertz CT molecular complexity index is 2050. The van der Waals surface area contributed by atoms with Crippen LogP contribution < -0.4 is 5.73 Å². The summed E-state index contributed by atoms with van der Waals surface area (Å²) in [5.74, 6) is -0.827. The number of ether oxygens (including phenoxy) is 2. The Morgan fingerprint density at radius 3 is 0.846 bits per heavy atom. The summed E-state index contributed by atoms with van der Waals surface area (Å²) in [5.41, 5.74) is 5.41. The highest BCUT2D eigenvalue weighted by atomic mass is 31.2. The zero-order chi connectivity index (χ0) is 65.8. The quantitative estimate of drug-likeness (QED) is 0.0264. The Labute approximate surface area is 559 Å². The lowest BCUT2D eigenvalue weighted by Crippen LogP contribution is -2.29. The maximum Gasteiger partial charge on any atom is 0.472 e. The Morgan fingerprint density at radius 2 is 0.571 bits per heavy atom. The Morgan fingerprint density at radius 1 is 0.330 bits per heavy atom. The van der Waals surface area contributed by atoms with E-state index in [0.29, 0.717) is 6.42 Å². The first kappa shape index (κ1) is 86.6. The molecule has 0 bridgehead atoms. The standard InChI is InChI=1S/C81H136NO8P/c1-3-5-7-9-11-13-15-17-19-21-23-25-27-29-31-33-34-35-36-37-38-39-40-41-42-43-44-46-48-50-52-54-56-58-60-62-64-66-68-70-72-74-81(84)90-79(78-89-91(85,86)88-76-75-82)77-87-80(83)73-71-69-67-65-63-61-59-57-55-53-51-49-47-45-32-30-28-26-24-22-20-18-16-14-12-10-8-6-4-2/h5-8,11-14,17-20,23-26,29-32,34-35,37-38,40-41,79H,3-4,9-10,15-16,21-22,27-28,33,36,39,42-78,82H2,1-2H3,(H,85,86)/b7-5-,8-6-,13-11-,14-12-,19-17-,20-18-,25-23-,26-24-,31-29-,32-30-,35-34-,38-37-,41-40-. The number of phosphoric ester groups is 1. The van der Waals surface area contributed by atoms with Gasteiger partial charge in [-0.3, -0.25) is 18.6 Å². The van der Waals surface area contributed by atoms with Gasteiger partial charge in [0.15, 0.2) is 6.10 Å². The van der Waals surface area contributed by atoms with Crippen molar-refractivity contribution in [3.63, 3.8) is 0 Å². The molecular weight excluding hydrogens is 1150 g/mol. The third-order valence-corrected chi connectivity index (χ3v) is 16.4. The Balaban J connectivity index is 3.88. The molecule has 91 heavy (non-hydrogen) atoms. The second-order valence-electron chi connectivity index (χ2n) is 24.0. The summed E-state index contributed by atoms with van der Waals surface area (Å²) >= 11 is 0. The molecule has 0 aliphatic carbocycles. The minimum Gasteiger partial charge on any atom is -0.462 e. The molecule has 2 unspecified atom stereocenters. The Kier molecular flexibility index (Phi) is 71.1. The molecule has 0 radical (unpaired) electrons. The van der Waals surface area contributed by atoms with Crippen LogP contribution in [0.1, 0.15) is 309 Å². The molecule has 3 N–H and O–H groups in total. The van der Waals surface area contributed by atoms with E-state index in [1.165, 1.54) is 154 Å². The van der Waals surface area contributed by atoms with Gasteiger partial charge in [0.1, 0.15) is 6.61 Å². The van der Waals surface area contributed by atoms with Crippen LogP contribution in [-0.2, 0) is 32.7 Å². The molecule has 0 aliphatic heterocycles. The first-order valence-electron chi connectivity index (χ1n) is 37.0. The van der Waals surface area contributed by atoms with Gasteiger partial charge in [0.2, 0.25) is 0 Å². The number of carbonyl (C=O) groups is 2. The van der Waals surface area contributed by atoms with E-state index < -0.39 is 26.5 Å². The number of allylic oxidation sites excluding steroid dienone is 26. The van der Waals surface area contributed by atoms with Gasteiger partial charge < -0.3 is 20.1 Å². The molecule has 0 saturated heterocycles. The van der Waals surface area contributed by atoms with Crippen molar-refractivity contribution >= 4 is 19.8 Å². The summed E-state index contributed by atoms with van der Waals surface area (Å²) in [6.45, 7) is 3.53. The third-order valence-electron chi connectivity index (χ3n) is 15.4. The zero-order valence-electron chi connectivity index (χ0n) is 58.3. The lowest BCUT2D eigenvalue weighted by atomic mass is 10.0. The zero-order valence-corrected chi connectivity index (χ0v) is 59.2. The molecule has 518 valence electrons. The van der Waals surface area contributed by atoms with Gasteiger partial charge in [-0.2, -0.15) is 0 Å². The SMILES string of the molecule is CC/C=C\C/C=C\C/C=C\C/C=C\C/C=C\C/C=C\C/C=C\C/C=C\CCCCCCCCCCCCCCCCCCC(=O)OC(COC(=O)CCCCCCCCCCCCCCC/C=C\C/C=C\C/C=C\C/C=C\C/C=C\CC)COP(=O)(O)OCCN. The predicted molar refractivity (Wildman–Crippen MR) is 394 cm³/mol. The number of esters is 2. The second kappa shape index (κ2) is 74.7. The average molecular weight is 1280 g/mol. The highest BCUT2D eigenvalue weighted by molar-refractivity contribution is 7.47. The van der Waals surface area contributed by atoms with Crippen molar-refractivity contribution in [2.75, 3.05) is 26.4 Å². The second-order valence-corrected chi connectivity index (χ2v) is 25.5. The molecular formula is C81H136NO8P. The number of nitrogens with two attached hydrogens (primary N) is 1. The first-order chi connectivity index (χ1) is 44.8. The van der Waals surface area contributed by atoms with Crippen LogP contribution in [0.15, 0.2) is 158 Å².